The fourth-order valence-corrected chi connectivity index (χ4v) is 6.02. The molecule has 9 heteroatoms. The number of nitro benzene ring substituents is 1. The number of non-ortho nitro benzene ring substituents is 1. The lowest BCUT2D eigenvalue weighted by molar-refractivity contribution is -0.384. The molecule has 2 spiro atoms. The summed E-state index contributed by atoms with van der Waals surface area (Å²) in [6.07, 6.45) is 0. The Morgan fingerprint density at radius 1 is 0.722 bits per heavy atom. The van der Waals surface area contributed by atoms with Crippen LogP contribution in [0.25, 0.3) is 0 Å². The van der Waals surface area contributed by atoms with Gasteiger partial charge in [-0.3, -0.25) is 19.7 Å². The molecule has 1 saturated carbocycles. The van der Waals surface area contributed by atoms with Crippen LogP contribution in [0.5, 0.6) is 0 Å². The SMILES string of the molecule is CC1=NN(c2ccccc2)C(=O)[C@@]12C(c1ccc([N+](=O)[O-])cc1)[C@@]21C(=O)N(c2ccccc2)N=C1C. The smallest absolute Gasteiger partial charge is 0.269 e. The van der Waals surface area contributed by atoms with E-state index in [1.807, 2.05) is 36.4 Å². The zero-order valence-corrected chi connectivity index (χ0v) is 19.5. The largest absolute Gasteiger partial charge is 0.271 e. The van der Waals surface area contributed by atoms with Gasteiger partial charge in [-0.15, -0.1) is 0 Å². The average Bonchev–Trinajstić information content (AvgIpc) is 3.38. The number of anilines is 2. The third kappa shape index (κ3) is 2.54. The van der Waals surface area contributed by atoms with Crippen molar-refractivity contribution in [1.29, 1.82) is 0 Å². The van der Waals surface area contributed by atoms with Gasteiger partial charge in [-0.25, -0.2) is 0 Å². The van der Waals surface area contributed by atoms with Crippen LogP contribution in [0.15, 0.2) is 95.1 Å². The molecule has 2 atom stereocenters. The highest BCUT2D eigenvalue weighted by Crippen LogP contribution is 2.79. The summed E-state index contributed by atoms with van der Waals surface area (Å²) >= 11 is 0. The zero-order valence-electron chi connectivity index (χ0n) is 19.5. The van der Waals surface area contributed by atoms with Crippen LogP contribution in [-0.2, 0) is 9.59 Å². The van der Waals surface area contributed by atoms with E-state index in [9.17, 15) is 19.7 Å². The van der Waals surface area contributed by atoms with Gasteiger partial charge in [-0.05, 0) is 43.7 Å². The number of hydrazone groups is 2. The lowest BCUT2D eigenvalue weighted by Gasteiger charge is -2.18. The van der Waals surface area contributed by atoms with Crippen molar-refractivity contribution in [3.63, 3.8) is 0 Å². The molecule has 0 unspecified atom stereocenters. The molecule has 9 nitrogen and oxygen atoms in total. The normalized spacial score (nSPS) is 26.6. The number of hydrogen-bond donors (Lipinski definition) is 0. The number of para-hydroxylation sites is 2. The molecule has 1 fully saturated rings. The molecular formula is C27H21N5O4. The summed E-state index contributed by atoms with van der Waals surface area (Å²) in [4.78, 5) is 39.2. The maximum absolute atomic E-state index is 14.2. The monoisotopic (exact) mass is 479 g/mol. The van der Waals surface area contributed by atoms with Gasteiger partial charge < -0.3 is 0 Å². The second-order valence-electron chi connectivity index (χ2n) is 9.17. The van der Waals surface area contributed by atoms with Gasteiger partial charge in [0.1, 0.15) is 10.8 Å². The third-order valence-electron chi connectivity index (χ3n) is 7.54. The van der Waals surface area contributed by atoms with Crippen molar-refractivity contribution >= 4 is 40.3 Å². The average molecular weight is 479 g/mol. The first-order valence-electron chi connectivity index (χ1n) is 11.5. The predicted molar refractivity (Wildman–Crippen MR) is 135 cm³/mol. The van der Waals surface area contributed by atoms with E-state index in [0.717, 1.165) is 0 Å². The summed E-state index contributed by atoms with van der Waals surface area (Å²) in [6, 6.07) is 24.2. The molecule has 3 aliphatic rings. The van der Waals surface area contributed by atoms with Gasteiger partial charge in [-0.1, -0.05) is 48.5 Å². The van der Waals surface area contributed by atoms with Crippen LogP contribution in [0.2, 0.25) is 0 Å². The second kappa shape index (κ2) is 7.42. The Balaban J connectivity index is 1.52. The maximum atomic E-state index is 14.2. The van der Waals surface area contributed by atoms with Crippen molar-refractivity contribution in [1.82, 2.24) is 0 Å². The minimum Gasteiger partial charge on any atom is -0.271 e. The van der Waals surface area contributed by atoms with Gasteiger partial charge in [0.15, 0.2) is 0 Å². The number of amides is 2. The van der Waals surface area contributed by atoms with Gasteiger partial charge in [0.25, 0.3) is 17.5 Å². The molecule has 6 rings (SSSR count). The Labute approximate surface area is 206 Å². The molecule has 3 aromatic rings. The highest BCUT2D eigenvalue weighted by atomic mass is 16.6. The Hall–Kier alpha value is -4.66. The first kappa shape index (κ1) is 21.8. The first-order chi connectivity index (χ1) is 17.3. The van der Waals surface area contributed by atoms with Crippen molar-refractivity contribution in [3.05, 3.63) is 101 Å². The Kier molecular flexibility index (Phi) is 4.50. The molecule has 2 amide bonds. The number of nitrogens with zero attached hydrogens (tertiary/aromatic N) is 5. The number of carbonyl (C=O) groups excluding carboxylic acids is 2. The lowest BCUT2D eigenvalue weighted by Crippen LogP contribution is -2.40. The standard InChI is InChI=1S/C27H21N5O4/c1-17-26(24(33)30(28-17)20-9-5-3-6-10-20)23(19-13-15-22(16-14-19)32(35)36)27(26)18(2)29-31(25(27)34)21-11-7-4-8-12-21/h3-16,23H,1-2H3/t26-,27-/m0/s1. The number of carbonyl (C=O) groups is 2. The van der Waals surface area contributed by atoms with Gasteiger partial charge in [0.05, 0.1) is 27.7 Å². The lowest BCUT2D eigenvalue weighted by atomic mass is 9.85. The van der Waals surface area contributed by atoms with Crippen molar-refractivity contribution in [2.24, 2.45) is 21.0 Å². The predicted octanol–water partition coefficient (Wildman–Crippen LogP) is 4.51. The molecule has 0 saturated heterocycles. The highest BCUT2D eigenvalue weighted by Gasteiger charge is 2.91. The Bertz CT molecular complexity index is 1400. The summed E-state index contributed by atoms with van der Waals surface area (Å²) in [6.45, 7) is 3.53. The molecule has 0 bridgehead atoms. The molecule has 3 aromatic carbocycles. The number of nitro groups is 1. The van der Waals surface area contributed by atoms with Gasteiger partial charge in [0, 0.05) is 18.1 Å². The number of benzene rings is 3. The van der Waals surface area contributed by atoms with E-state index in [2.05, 4.69) is 10.2 Å². The van der Waals surface area contributed by atoms with E-state index < -0.39 is 21.7 Å². The summed E-state index contributed by atoms with van der Waals surface area (Å²) in [5.41, 5.74) is 0.239. The van der Waals surface area contributed by atoms with Gasteiger partial charge in [0.2, 0.25) is 0 Å². The Morgan fingerprint density at radius 3 is 1.53 bits per heavy atom. The second-order valence-corrected chi connectivity index (χ2v) is 9.17. The molecule has 2 aliphatic heterocycles. The molecule has 0 N–H and O–H groups in total. The van der Waals surface area contributed by atoms with Crippen LogP contribution in [0.3, 0.4) is 0 Å². The molecule has 178 valence electrons. The van der Waals surface area contributed by atoms with Crippen LogP contribution in [0, 0.1) is 20.9 Å². The van der Waals surface area contributed by atoms with Crippen molar-refractivity contribution in [3.8, 4) is 0 Å². The molecule has 0 aromatic heterocycles. The third-order valence-corrected chi connectivity index (χ3v) is 7.54. The van der Waals surface area contributed by atoms with Crippen LogP contribution in [-0.4, -0.2) is 28.2 Å². The minimum atomic E-state index is -1.28. The molecule has 1 aliphatic carbocycles. The fourth-order valence-electron chi connectivity index (χ4n) is 6.02. The molecule has 36 heavy (non-hydrogen) atoms. The van der Waals surface area contributed by atoms with Crippen molar-refractivity contribution < 1.29 is 14.5 Å². The molecule has 2 heterocycles. The van der Waals surface area contributed by atoms with Crippen molar-refractivity contribution in [2.45, 2.75) is 19.8 Å². The molecular weight excluding hydrogens is 458 g/mol. The number of fused-ring (bicyclic) bond motifs is 1. The van der Waals surface area contributed by atoms with Crippen LogP contribution in [0.1, 0.15) is 25.3 Å². The van der Waals surface area contributed by atoms with E-state index in [0.29, 0.717) is 28.4 Å². The van der Waals surface area contributed by atoms with Crippen LogP contribution in [0.4, 0.5) is 17.1 Å². The fraction of sp³-hybridized carbons (Fsp3) is 0.185. The molecule has 0 radical (unpaired) electrons. The quantitative estimate of drug-likeness (QED) is 0.405. The number of hydrogen-bond acceptors (Lipinski definition) is 6. The topological polar surface area (TPSA) is 108 Å². The van der Waals surface area contributed by atoms with E-state index in [-0.39, 0.29) is 17.5 Å². The Morgan fingerprint density at radius 2 is 1.14 bits per heavy atom. The minimum absolute atomic E-state index is 0.0643. The number of rotatable bonds is 4. The zero-order chi connectivity index (χ0) is 25.2. The first-order valence-corrected chi connectivity index (χ1v) is 11.5. The maximum Gasteiger partial charge on any atom is 0.269 e. The van der Waals surface area contributed by atoms with Crippen LogP contribution >= 0.6 is 0 Å². The van der Waals surface area contributed by atoms with Crippen molar-refractivity contribution in [2.75, 3.05) is 10.0 Å². The highest BCUT2D eigenvalue weighted by molar-refractivity contribution is 6.37. The van der Waals surface area contributed by atoms with E-state index in [4.69, 9.17) is 0 Å². The van der Waals surface area contributed by atoms with Crippen LogP contribution < -0.4 is 10.0 Å². The van der Waals surface area contributed by atoms with Gasteiger partial charge >= 0.3 is 0 Å². The van der Waals surface area contributed by atoms with Gasteiger partial charge in [-0.2, -0.15) is 20.2 Å². The van der Waals surface area contributed by atoms with E-state index in [1.165, 1.54) is 22.2 Å². The summed E-state index contributed by atoms with van der Waals surface area (Å²) in [7, 11) is 0. The van der Waals surface area contributed by atoms with E-state index in [1.54, 1.807) is 50.2 Å². The summed E-state index contributed by atoms with van der Waals surface area (Å²) in [5, 5.41) is 23.2. The van der Waals surface area contributed by atoms with E-state index >= 15 is 0 Å². The summed E-state index contributed by atoms with van der Waals surface area (Å²) in [5.74, 6) is -1.24. The summed E-state index contributed by atoms with van der Waals surface area (Å²) < 4.78 is 0.